The van der Waals surface area contributed by atoms with Gasteiger partial charge in [-0.2, -0.15) is 0 Å². The Morgan fingerprint density at radius 2 is 2.00 bits per heavy atom. The number of thiazole rings is 1. The van der Waals surface area contributed by atoms with Crippen molar-refractivity contribution in [3.05, 3.63) is 35.3 Å². The molecule has 1 aromatic carbocycles. The van der Waals surface area contributed by atoms with Crippen LogP contribution in [0.5, 0.6) is 5.75 Å². The number of methoxy groups -OCH3 is 1. The molecule has 182 valence electrons. The number of hydrogen-bond donors (Lipinski definition) is 2. The maximum absolute atomic E-state index is 13.2. The predicted molar refractivity (Wildman–Crippen MR) is 128 cm³/mol. The van der Waals surface area contributed by atoms with Gasteiger partial charge in [-0.1, -0.05) is 20.8 Å². The van der Waals surface area contributed by atoms with Crippen LogP contribution in [0.1, 0.15) is 45.7 Å². The van der Waals surface area contributed by atoms with Gasteiger partial charge >= 0.3 is 12.0 Å². The van der Waals surface area contributed by atoms with Crippen molar-refractivity contribution in [1.29, 1.82) is 0 Å². The van der Waals surface area contributed by atoms with Gasteiger partial charge in [-0.05, 0) is 54.9 Å². The quantitative estimate of drug-likeness (QED) is 0.448. The first-order valence-electron chi connectivity index (χ1n) is 11.2. The molecule has 2 aromatic rings. The van der Waals surface area contributed by atoms with Gasteiger partial charge in [0.15, 0.2) is 5.13 Å². The minimum absolute atomic E-state index is 0.0432. The lowest BCUT2D eigenvalue weighted by molar-refractivity contribution is -0.149. The second kappa shape index (κ2) is 9.25. The topological polar surface area (TPSA) is 110 Å². The van der Waals surface area contributed by atoms with Crippen LogP contribution in [0.15, 0.2) is 29.6 Å². The molecule has 10 heteroatoms. The number of aromatic nitrogens is 1. The van der Waals surface area contributed by atoms with Crippen LogP contribution in [0.3, 0.4) is 0 Å². The Bertz CT molecular complexity index is 1080. The van der Waals surface area contributed by atoms with E-state index in [4.69, 9.17) is 9.47 Å². The van der Waals surface area contributed by atoms with E-state index in [0.29, 0.717) is 29.6 Å². The molecule has 2 unspecified atom stereocenters. The summed E-state index contributed by atoms with van der Waals surface area (Å²) in [6, 6.07) is 6.89. The van der Waals surface area contributed by atoms with E-state index in [2.05, 4.69) is 36.4 Å². The molecule has 1 saturated carbocycles. The molecule has 34 heavy (non-hydrogen) atoms. The van der Waals surface area contributed by atoms with Crippen LogP contribution in [-0.4, -0.2) is 47.0 Å². The number of carbonyl (C=O) groups excluding carboxylic acids is 3. The maximum atomic E-state index is 13.2. The molecule has 2 aliphatic rings. The monoisotopic (exact) mass is 486 g/mol. The number of hydrogen-bond acceptors (Lipinski definition) is 8. The average Bonchev–Trinajstić information content (AvgIpc) is 3.29. The van der Waals surface area contributed by atoms with E-state index >= 15 is 0 Å². The third-order valence-electron chi connectivity index (χ3n) is 6.19. The van der Waals surface area contributed by atoms with Gasteiger partial charge in [-0.25, -0.2) is 9.78 Å². The van der Waals surface area contributed by atoms with Gasteiger partial charge in [0.2, 0.25) is 0 Å². The molecule has 2 fully saturated rings. The van der Waals surface area contributed by atoms with E-state index in [1.54, 1.807) is 12.5 Å². The van der Waals surface area contributed by atoms with Gasteiger partial charge in [0, 0.05) is 11.1 Å². The molecule has 1 saturated heterocycles. The molecular formula is C24H30N4O5S. The third kappa shape index (κ3) is 5.16. The molecule has 2 heterocycles. The molecule has 1 aromatic heterocycles. The summed E-state index contributed by atoms with van der Waals surface area (Å²) in [5.74, 6) is 0.0652. The number of amides is 3. The molecule has 1 spiro atoms. The van der Waals surface area contributed by atoms with Crippen molar-refractivity contribution in [2.45, 2.75) is 52.2 Å². The van der Waals surface area contributed by atoms with Crippen molar-refractivity contribution in [1.82, 2.24) is 15.2 Å². The second-order valence-electron chi connectivity index (χ2n) is 9.92. The van der Waals surface area contributed by atoms with Gasteiger partial charge in [-0.3, -0.25) is 14.5 Å². The molecule has 1 aliphatic heterocycles. The summed E-state index contributed by atoms with van der Waals surface area (Å²) in [6.45, 7) is 5.84. The molecular weight excluding hydrogens is 456 g/mol. The van der Waals surface area contributed by atoms with Crippen LogP contribution in [0, 0.1) is 11.3 Å². The summed E-state index contributed by atoms with van der Waals surface area (Å²) >= 11 is 1.38. The number of imide groups is 1. The van der Waals surface area contributed by atoms with Crippen molar-refractivity contribution in [3.8, 4) is 5.75 Å². The van der Waals surface area contributed by atoms with Crippen LogP contribution < -0.4 is 15.4 Å². The lowest BCUT2D eigenvalue weighted by atomic mass is 9.64. The largest absolute Gasteiger partial charge is 0.497 e. The molecule has 3 amide bonds. The minimum Gasteiger partial charge on any atom is -0.497 e. The minimum atomic E-state index is -0.935. The van der Waals surface area contributed by atoms with Gasteiger partial charge in [0.1, 0.15) is 24.4 Å². The highest BCUT2D eigenvalue weighted by Gasteiger charge is 2.56. The molecule has 9 nitrogen and oxygen atoms in total. The van der Waals surface area contributed by atoms with E-state index in [1.807, 2.05) is 24.3 Å². The normalized spacial score (nSPS) is 23.6. The number of rotatable bonds is 7. The number of benzene rings is 1. The predicted octanol–water partition coefficient (Wildman–Crippen LogP) is 4.08. The van der Waals surface area contributed by atoms with Crippen LogP contribution in [0.2, 0.25) is 0 Å². The fourth-order valence-electron chi connectivity index (χ4n) is 5.21. The first-order chi connectivity index (χ1) is 16.1. The summed E-state index contributed by atoms with van der Waals surface area (Å²) < 4.78 is 10.5. The lowest BCUT2D eigenvalue weighted by Crippen LogP contribution is -2.54. The number of ether oxygens (including phenoxy) is 2. The summed E-state index contributed by atoms with van der Waals surface area (Å²) in [6.07, 6.45) is 2.13. The number of urea groups is 1. The summed E-state index contributed by atoms with van der Waals surface area (Å²) in [5.41, 5.74) is 0.423. The molecule has 2 atom stereocenters. The number of nitrogens with one attached hydrogen (secondary N) is 2. The Labute approximate surface area is 202 Å². The standard InChI is InChI=1S/C24H30N4O5S/c1-15-9-23(2,3)14-24(10-15)20(30)28(22(31)27-24)11-19(29)33-12-17-13-34-21(26-17)25-16-5-7-18(32-4)8-6-16/h5-8,13,15H,9-12,14H2,1-4H3,(H,25,26)(H,27,31). The number of anilines is 2. The number of carbonyl (C=O) groups is 3. The van der Waals surface area contributed by atoms with Gasteiger partial charge in [0.05, 0.1) is 12.8 Å². The van der Waals surface area contributed by atoms with E-state index in [9.17, 15) is 14.4 Å². The van der Waals surface area contributed by atoms with Crippen LogP contribution in [0.4, 0.5) is 15.6 Å². The molecule has 2 N–H and O–H groups in total. The second-order valence-corrected chi connectivity index (χ2v) is 10.8. The smallest absolute Gasteiger partial charge is 0.326 e. The summed E-state index contributed by atoms with van der Waals surface area (Å²) in [4.78, 5) is 43.6. The first-order valence-corrected chi connectivity index (χ1v) is 12.1. The maximum Gasteiger partial charge on any atom is 0.326 e. The zero-order valence-corrected chi connectivity index (χ0v) is 20.7. The van der Waals surface area contributed by atoms with E-state index in [-0.39, 0.29) is 17.9 Å². The molecule has 0 radical (unpaired) electrons. The molecule has 4 rings (SSSR count). The number of esters is 1. The van der Waals surface area contributed by atoms with Crippen molar-refractivity contribution in [2.24, 2.45) is 11.3 Å². The Kier molecular flexibility index (Phi) is 6.53. The van der Waals surface area contributed by atoms with Gasteiger partial charge in [0.25, 0.3) is 5.91 Å². The zero-order chi connectivity index (χ0) is 24.5. The van der Waals surface area contributed by atoms with Crippen molar-refractivity contribution in [2.75, 3.05) is 19.0 Å². The highest BCUT2D eigenvalue weighted by Crippen LogP contribution is 2.46. The lowest BCUT2D eigenvalue weighted by Gasteiger charge is -2.43. The Balaban J connectivity index is 1.31. The Hall–Kier alpha value is -3.14. The Morgan fingerprint density at radius 1 is 1.26 bits per heavy atom. The van der Waals surface area contributed by atoms with Crippen molar-refractivity contribution in [3.63, 3.8) is 0 Å². The van der Waals surface area contributed by atoms with Gasteiger partial charge < -0.3 is 20.1 Å². The van der Waals surface area contributed by atoms with Crippen molar-refractivity contribution >= 4 is 40.1 Å². The molecule has 0 bridgehead atoms. The zero-order valence-electron chi connectivity index (χ0n) is 19.8. The van der Waals surface area contributed by atoms with Crippen LogP contribution in [-0.2, 0) is 20.9 Å². The highest BCUT2D eigenvalue weighted by atomic mass is 32.1. The van der Waals surface area contributed by atoms with Crippen LogP contribution in [0.25, 0.3) is 0 Å². The Morgan fingerprint density at radius 3 is 2.68 bits per heavy atom. The highest BCUT2D eigenvalue weighted by molar-refractivity contribution is 7.13. The molecule has 1 aliphatic carbocycles. The fourth-order valence-corrected chi connectivity index (χ4v) is 5.92. The SMILES string of the molecule is COc1ccc(Nc2nc(COC(=O)CN3C(=O)NC4(CC(C)CC(C)(C)C4)C3=O)cs2)cc1. The van der Waals surface area contributed by atoms with E-state index < -0.39 is 24.1 Å². The first kappa shape index (κ1) is 24.0. The van der Waals surface area contributed by atoms with Gasteiger partial charge in [-0.15, -0.1) is 11.3 Å². The van der Waals surface area contributed by atoms with Crippen molar-refractivity contribution < 1.29 is 23.9 Å². The fraction of sp³-hybridized carbons (Fsp3) is 0.500. The van der Waals surface area contributed by atoms with E-state index in [1.165, 1.54) is 11.3 Å². The van der Waals surface area contributed by atoms with E-state index in [0.717, 1.165) is 22.8 Å². The summed E-state index contributed by atoms with van der Waals surface area (Å²) in [5, 5.41) is 8.49. The number of nitrogens with zero attached hydrogens (tertiary/aromatic N) is 2. The summed E-state index contributed by atoms with van der Waals surface area (Å²) in [7, 11) is 1.61. The third-order valence-corrected chi connectivity index (χ3v) is 6.99. The average molecular weight is 487 g/mol. The van der Waals surface area contributed by atoms with Crippen LogP contribution >= 0.6 is 11.3 Å².